The molecule has 7 nitrogen and oxygen atoms in total. The van der Waals surface area contributed by atoms with E-state index in [-0.39, 0.29) is 24.7 Å². The first-order chi connectivity index (χ1) is 14.4. The summed E-state index contributed by atoms with van der Waals surface area (Å²) in [5, 5.41) is 3.13. The quantitative estimate of drug-likeness (QED) is 0.683. The van der Waals surface area contributed by atoms with Gasteiger partial charge in [-0.25, -0.2) is 12.8 Å². The molecule has 1 aliphatic heterocycles. The lowest BCUT2D eigenvalue weighted by Crippen LogP contribution is -2.48. The lowest BCUT2D eigenvalue weighted by Gasteiger charge is -2.28. The number of halogens is 1. The summed E-state index contributed by atoms with van der Waals surface area (Å²) in [6.07, 6.45) is 0. The predicted octanol–water partition coefficient (Wildman–Crippen LogP) is 1.71. The van der Waals surface area contributed by atoms with Crippen molar-refractivity contribution in [3.8, 4) is 5.75 Å². The Kier molecular flexibility index (Phi) is 7.41. The van der Waals surface area contributed by atoms with E-state index >= 15 is 0 Å². The molecule has 0 bridgehead atoms. The van der Waals surface area contributed by atoms with E-state index in [1.54, 1.807) is 19.2 Å². The van der Waals surface area contributed by atoms with Crippen LogP contribution >= 0.6 is 0 Å². The first-order valence-corrected chi connectivity index (χ1v) is 11.4. The molecule has 30 heavy (non-hydrogen) atoms. The minimum atomic E-state index is -3.49. The van der Waals surface area contributed by atoms with Crippen molar-refractivity contribution in [3.05, 3.63) is 65.5 Å². The lowest BCUT2D eigenvalue weighted by atomic mass is 10.1. The smallest absolute Gasteiger partial charge is 0.254 e. The SMILES string of the molecule is COc1cccc(CN(CCS(=O)(=O)N2CCNCC2)C(=O)c2ccc(F)cc2)c1. The van der Waals surface area contributed by atoms with Crippen molar-refractivity contribution in [3.63, 3.8) is 0 Å². The zero-order valence-corrected chi connectivity index (χ0v) is 17.7. The molecule has 0 atom stereocenters. The monoisotopic (exact) mass is 435 g/mol. The average molecular weight is 436 g/mol. The van der Waals surface area contributed by atoms with E-state index in [0.717, 1.165) is 5.56 Å². The fourth-order valence-electron chi connectivity index (χ4n) is 3.30. The number of piperazine rings is 1. The van der Waals surface area contributed by atoms with E-state index in [2.05, 4.69) is 5.32 Å². The largest absolute Gasteiger partial charge is 0.497 e. The Morgan fingerprint density at radius 2 is 1.87 bits per heavy atom. The van der Waals surface area contributed by atoms with Gasteiger partial charge >= 0.3 is 0 Å². The molecule has 1 aliphatic rings. The Morgan fingerprint density at radius 1 is 1.17 bits per heavy atom. The summed E-state index contributed by atoms with van der Waals surface area (Å²) in [5.74, 6) is -0.320. The summed E-state index contributed by atoms with van der Waals surface area (Å²) in [5.41, 5.74) is 1.11. The highest BCUT2D eigenvalue weighted by molar-refractivity contribution is 7.89. The molecule has 1 heterocycles. The van der Waals surface area contributed by atoms with Crippen molar-refractivity contribution < 1.29 is 22.3 Å². The molecular formula is C21H26FN3O4S. The first kappa shape index (κ1) is 22.2. The van der Waals surface area contributed by atoms with Gasteiger partial charge in [0, 0.05) is 44.8 Å². The number of hydrogen-bond acceptors (Lipinski definition) is 5. The maximum Gasteiger partial charge on any atom is 0.254 e. The van der Waals surface area contributed by atoms with Crippen LogP contribution in [0.4, 0.5) is 4.39 Å². The van der Waals surface area contributed by atoms with Gasteiger partial charge in [-0.15, -0.1) is 0 Å². The van der Waals surface area contributed by atoms with Gasteiger partial charge in [0.15, 0.2) is 0 Å². The van der Waals surface area contributed by atoms with E-state index in [1.807, 2.05) is 12.1 Å². The number of methoxy groups -OCH3 is 1. The second-order valence-electron chi connectivity index (χ2n) is 7.05. The van der Waals surface area contributed by atoms with Gasteiger partial charge in [0.1, 0.15) is 11.6 Å². The number of nitrogens with one attached hydrogen (secondary N) is 1. The van der Waals surface area contributed by atoms with Crippen LogP contribution in [0.3, 0.4) is 0 Å². The zero-order valence-electron chi connectivity index (χ0n) is 16.9. The van der Waals surface area contributed by atoms with Gasteiger partial charge in [-0.2, -0.15) is 4.31 Å². The summed E-state index contributed by atoms with van der Waals surface area (Å²) in [6.45, 7) is 2.31. The van der Waals surface area contributed by atoms with Crippen LogP contribution in [0.15, 0.2) is 48.5 Å². The number of carbonyl (C=O) groups excluding carboxylic acids is 1. The minimum absolute atomic E-state index is 0.0275. The van der Waals surface area contributed by atoms with Gasteiger partial charge in [0.2, 0.25) is 10.0 Å². The van der Waals surface area contributed by atoms with Crippen LogP contribution in [0.5, 0.6) is 5.75 Å². The molecule has 1 fully saturated rings. The Balaban J connectivity index is 1.79. The van der Waals surface area contributed by atoms with Crippen LogP contribution in [-0.4, -0.2) is 69.1 Å². The Morgan fingerprint density at radius 3 is 2.53 bits per heavy atom. The Bertz CT molecular complexity index is 960. The fraction of sp³-hybridized carbons (Fsp3) is 0.381. The topological polar surface area (TPSA) is 79.0 Å². The van der Waals surface area contributed by atoms with Gasteiger partial charge in [-0.1, -0.05) is 12.1 Å². The van der Waals surface area contributed by atoms with Gasteiger partial charge in [0.25, 0.3) is 5.91 Å². The van der Waals surface area contributed by atoms with E-state index < -0.39 is 15.8 Å². The van der Waals surface area contributed by atoms with Crippen LogP contribution in [0.1, 0.15) is 15.9 Å². The van der Waals surface area contributed by atoms with Crippen molar-refractivity contribution in [1.29, 1.82) is 0 Å². The number of rotatable bonds is 8. The molecule has 162 valence electrons. The van der Waals surface area contributed by atoms with E-state index in [0.29, 0.717) is 37.5 Å². The molecule has 0 aliphatic carbocycles. The van der Waals surface area contributed by atoms with Gasteiger partial charge in [0.05, 0.1) is 12.9 Å². The van der Waals surface area contributed by atoms with Gasteiger partial charge < -0.3 is 15.0 Å². The molecular weight excluding hydrogens is 409 g/mol. The second-order valence-corrected chi connectivity index (χ2v) is 9.14. The number of ether oxygens (including phenoxy) is 1. The molecule has 2 aromatic rings. The normalized spacial score (nSPS) is 15.0. The third kappa shape index (κ3) is 5.78. The summed E-state index contributed by atoms with van der Waals surface area (Å²) >= 11 is 0. The van der Waals surface area contributed by atoms with E-state index in [1.165, 1.54) is 33.5 Å². The van der Waals surface area contributed by atoms with Crippen molar-refractivity contribution in [1.82, 2.24) is 14.5 Å². The van der Waals surface area contributed by atoms with Crippen LogP contribution in [-0.2, 0) is 16.6 Å². The lowest BCUT2D eigenvalue weighted by molar-refractivity contribution is 0.0753. The summed E-state index contributed by atoms with van der Waals surface area (Å²) < 4.78 is 45.4. The molecule has 1 amide bonds. The maximum absolute atomic E-state index is 13.3. The summed E-state index contributed by atoms with van der Waals surface area (Å²) in [7, 11) is -1.94. The number of nitrogens with zero attached hydrogens (tertiary/aromatic N) is 2. The summed E-state index contributed by atoms with van der Waals surface area (Å²) in [4.78, 5) is 14.5. The Labute approximate surface area is 176 Å². The zero-order chi connectivity index (χ0) is 21.6. The van der Waals surface area contributed by atoms with Crippen LogP contribution < -0.4 is 10.1 Å². The van der Waals surface area contributed by atoms with Crippen molar-refractivity contribution in [2.24, 2.45) is 0 Å². The standard InChI is InChI=1S/C21H26FN3O4S/c1-29-20-4-2-3-17(15-20)16-24(21(26)18-5-7-19(22)8-6-18)13-14-30(27,28)25-11-9-23-10-12-25/h2-8,15,23H,9-14,16H2,1H3. The molecule has 3 rings (SSSR count). The van der Waals surface area contributed by atoms with Crippen molar-refractivity contribution >= 4 is 15.9 Å². The number of sulfonamides is 1. The molecule has 0 radical (unpaired) electrons. The summed E-state index contributed by atoms with van der Waals surface area (Å²) in [6, 6.07) is 12.5. The van der Waals surface area contributed by atoms with E-state index in [4.69, 9.17) is 4.74 Å². The average Bonchev–Trinajstić information content (AvgIpc) is 2.77. The third-order valence-corrected chi connectivity index (χ3v) is 6.82. The highest BCUT2D eigenvalue weighted by Crippen LogP contribution is 2.17. The highest BCUT2D eigenvalue weighted by Gasteiger charge is 2.26. The van der Waals surface area contributed by atoms with Crippen LogP contribution in [0.2, 0.25) is 0 Å². The molecule has 0 saturated carbocycles. The number of benzene rings is 2. The minimum Gasteiger partial charge on any atom is -0.497 e. The number of carbonyl (C=O) groups is 1. The molecule has 0 aromatic heterocycles. The third-order valence-electron chi connectivity index (χ3n) is 4.97. The predicted molar refractivity (Wildman–Crippen MR) is 112 cm³/mol. The molecule has 9 heteroatoms. The van der Waals surface area contributed by atoms with Crippen LogP contribution in [0, 0.1) is 5.82 Å². The maximum atomic E-state index is 13.3. The highest BCUT2D eigenvalue weighted by atomic mass is 32.2. The van der Waals surface area contributed by atoms with Crippen molar-refractivity contribution in [2.75, 3.05) is 45.6 Å². The Hall–Kier alpha value is -2.49. The number of amides is 1. The van der Waals surface area contributed by atoms with Gasteiger partial charge in [-0.05, 0) is 42.0 Å². The molecule has 0 spiro atoms. The number of hydrogen-bond donors (Lipinski definition) is 1. The van der Waals surface area contributed by atoms with Crippen LogP contribution in [0.25, 0.3) is 0 Å². The second kappa shape index (κ2) is 10.0. The molecule has 0 unspecified atom stereocenters. The molecule has 2 aromatic carbocycles. The van der Waals surface area contributed by atoms with E-state index in [9.17, 15) is 17.6 Å². The van der Waals surface area contributed by atoms with Crippen molar-refractivity contribution in [2.45, 2.75) is 6.54 Å². The fourth-order valence-corrected chi connectivity index (χ4v) is 4.74. The van der Waals surface area contributed by atoms with Gasteiger partial charge in [-0.3, -0.25) is 4.79 Å². The first-order valence-electron chi connectivity index (χ1n) is 9.75. The molecule has 1 saturated heterocycles. The molecule has 1 N–H and O–H groups in total.